The van der Waals surface area contributed by atoms with E-state index in [1.807, 2.05) is 6.07 Å². The molecular formula is C19H19N3O5. The summed E-state index contributed by atoms with van der Waals surface area (Å²) in [5.41, 5.74) is 1.15. The predicted molar refractivity (Wildman–Crippen MR) is 98.2 cm³/mol. The Hall–Kier alpha value is -3.73. The minimum atomic E-state index is -0.477. The Balaban J connectivity index is 2.04. The van der Waals surface area contributed by atoms with Crippen LogP contribution in [-0.4, -0.2) is 39.7 Å². The standard InChI is InChI=1S/C19H19N3O5/c1-25-15-8-13(9-16(26-2)18(15)27-3)19(24)21-11-17(23)22-14-6-4-5-12(7-14)10-20/h4-9H,11H2,1-3H3,(H,21,24)(H,22,23). The predicted octanol–water partition coefficient (Wildman–Crippen LogP) is 1.95. The van der Waals surface area contributed by atoms with Crippen molar-refractivity contribution in [3.63, 3.8) is 0 Å². The molecule has 0 saturated heterocycles. The third kappa shape index (κ3) is 4.89. The van der Waals surface area contributed by atoms with E-state index in [0.29, 0.717) is 28.5 Å². The smallest absolute Gasteiger partial charge is 0.251 e. The minimum Gasteiger partial charge on any atom is -0.493 e. The fourth-order valence-corrected chi connectivity index (χ4v) is 2.35. The molecule has 8 heteroatoms. The van der Waals surface area contributed by atoms with Gasteiger partial charge in [-0.3, -0.25) is 9.59 Å². The Bertz CT molecular complexity index is 864. The lowest BCUT2D eigenvalue weighted by Crippen LogP contribution is -2.32. The van der Waals surface area contributed by atoms with E-state index in [1.165, 1.54) is 33.5 Å². The normalized spacial score (nSPS) is 9.70. The maximum absolute atomic E-state index is 12.4. The van der Waals surface area contributed by atoms with Crippen LogP contribution >= 0.6 is 0 Å². The third-order valence-electron chi connectivity index (χ3n) is 3.61. The summed E-state index contributed by atoms with van der Waals surface area (Å²) in [5, 5.41) is 14.0. The number of hydrogen-bond acceptors (Lipinski definition) is 6. The Morgan fingerprint density at radius 3 is 2.26 bits per heavy atom. The van der Waals surface area contributed by atoms with Crippen molar-refractivity contribution in [2.45, 2.75) is 0 Å². The molecule has 140 valence electrons. The number of nitrogens with one attached hydrogen (secondary N) is 2. The molecule has 0 aromatic heterocycles. The first-order chi connectivity index (χ1) is 13.0. The molecule has 2 rings (SSSR count). The van der Waals surface area contributed by atoms with Crippen molar-refractivity contribution in [2.24, 2.45) is 0 Å². The van der Waals surface area contributed by atoms with Crippen molar-refractivity contribution in [3.05, 3.63) is 47.5 Å². The monoisotopic (exact) mass is 369 g/mol. The number of carbonyl (C=O) groups is 2. The zero-order chi connectivity index (χ0) is 19.8. The van der Waals surface area contributed by atoms with Crippen molar-refractivity contribution in [2.75, 3.05) is 33.2 Å². The summed E-state index contributed by atoms with van der Waals surface area (Å²) < 4.78 is 15.6. The third-order valence-corrected chi connectivity index (χ3v) is 3.61. The molecule has 2 aromatic rings. The molecule has 0 fully saturated rings. The van der Waals surface area contributed by atoms with Gasteiger partial charge >= 0.3 is 0 Å². The van der Waals surface area contributed by atoms with Gasteiger partial charge in [0.05, 0.1) is 39.5 Å². The second-order valence-electron chi connectivity index (χ2n) is 5.34. The quantitative estimate of drug-likeness (QED) is 0.772. The Kier molecular flexibility index (Phi) is 6.61. The van der Waals surface area contributed by atoms with Gasteiger partial charge in [-0.05, 0) is 30.3 Å². The molecule has 27 heavy (non-hydrogen) atoms. The van der Waals surface area contributed by atoms with Gasteiger partial charge in [-0.15, -0.1) is 0 Å². The van der Waals surface area contributed by atoms with Crippen molar-refractivity contribution < 1.29 is 23.8 Å². The van der Waals surface area contributed by atoms with Crippen molar-refractivity contribution in [1.82, 2.24) is 5.32 Å². The molecule has 2 amide bonds. The number of carbonyl (C=O) groups excluding carboxylic acids is 2. The molecule has 0 saturated carbocycles. The number of nitriles is 1. The number of rotatable bonds is 7. The first-order valence-corrected chi connectivity index (χ1v) is 7.90. The number of methoxy groups -OCH3 is 3. The lowest BCUT2D eigenvalue weighted by Gasteiger charge is -2.14. The van der Waals surface area contributed by atoms with Gasteiger partial charge in [-0.1, -0.05) is 6.07 Å². The topological polar surface area (TPSA) is 110 Å². The van der Waals surface area contributed by atoms with Crippen LogP contribution in [0.25, 0.3) is 0 Å². The summed E-state index contributed by atoms with van der Waals surface area (Å²) >= 11 is 0. The highest BCUT2D eigenvalue weighted by molar-refractivity contribution is 6.00. The zero-order valence-corrected chi connectivity index (χ0v) is 15.2. The van der Waals surface area contributed by atoms with Gasteiger partial charge < -0.3 is 24.8 Å². The van der Waals surface area contributed by atoms with E-state index < -0.39 is 11.8 Å². The molecule has 2 aromatic carbocycles. The highest BCUT2D eigenvalue weighted by Crippen LogP contribution is 2.38. The number of benzene rings is 2. The molecule has 0 radical (unpaired) electrons. The van der Waals surface area contributed by atoms with Crippen LogP contribution in [0, 0.1) is 11.3 Å². The van der Waals surface area contributed by atoms with Crippen LogP contribution in [0.4, 0.5) is 5.69 Å². The number of amides is 2. The van der Waals surface area contributed by atoms with Crippen LogP contribution in [0.15, 0.2) is 36.4 Å². The van der Waals surface area contributed by atoms with Gasteiger partial charge in [0.2, 0.25) is 11.7 Å². The van der Waals surface area contributed by atoms with Crippen LogP contribution in [0.1, 0.15) is 15.9 Å². The van der Waals surface area contributed by atoms with Crippen molar-refractivity contribution >= 4 is 17.5 Å². The molecule has 0 aliphatic carbocycles. The fraction of sp³-hybridized carbons (Fsp3) is 0.211. The van der Waals surface area contributed by atoms with Gasteiger partial charge in [0, 0.05) is 11.3 Å². The molecule has 0 aliphatic rings. The fourth-order valence-electron chi connectivity index (χ4n) is 2.35. The lowest BCUT2D eigenvalue weighted by atomic mass is 10.1. The SMILES string of the molecule is COc1cc(C(=O)NCC(=O)Nc2cccc(C#N)c2)cc(OC)c1OC. The summed E-state index contributed by atoms with van der Waals surface area (Å²) in [6, 6.07) is 11.4. The van der Waals surface area contributed by atoms with Crippen LogP contribution in [0.3, 0.4) is 0 Å². The molecule has 0 bridgehead atoms. The maximum Gasteiger partial charge on any atom is 0.251 e. The van der Waals surface area contributed by atoms with Gasteiger partial charge in [-0.2, -0.15) is 5.26 Å². The van der Waals surface area contributed by atoms with Gasteiger partial charge in [0.25, 0.3) is 5.91 Å². The van der Waals surface area contributed by atoms with E-state index in [0.717, 1.165) is 0 Å². The molecular weight excluding hydrogens is 350 g/mol. The minimum absolute atomic E-state index is 0.244. The largest absolute Gasteiger partial charge is 0.493 e. The van der Waals surface area contributed by atoms with E-state index in [1.54, 1.807) is 24.3 Å². The lowest BCUT2D eigenvalue weighted by molar-refractivity contribution is -0.115. The summed E-state index contributed by atoms with van der Waals surface area (Å²) in [6.45, 7) is -0.244. The molecule has 0 unspecified atom stereocenters. The second kappa shape index (κ2) is 9.10. The summed E-state index contributed by atoms with van der Waals surface area (Å²) in [7, 11) is 4.36. The summed E-state index contributed by atoms with van der Waals surface area (Å²) in [4.78, 5) is 24.4. The van der Waals surface area contributed by atoms with E-state index in [4.69, 9.17) is 19.5 Å². The number of hydrogen-bond donors (Lipinski definition) is 2. The number of ether oxygens (including phenoxy) is 3. The van der Waals surface area contributed by atoms with Crippen LogP contribution in [-0.2, 0) is 4.79 Å². The van der Waals surface area contributed by atoms with E-state index in [9.17, 15) is 9.59 Å². The average Bonchev–Trinajstić information content (AvgIpc) is 2.70. The Morgan fingerprint density at radius 2 is 1.70 bits per heavy atom. The Morgan fingerprint density at radius 1 is 1.04 bits per heavy atom. The highest BCUT2D eigenvalue weighted by atomic mass is 16.5. The first kappa shape index (κ1) is 19.6. The zero-order valence-electron chi connectivity index (χ0n) is 15.2. The van der Waals surface area contributed by atoms with Crippen LogP contribution in [0.5, 0.6) is 17.2 Å². The van der Waals surface area contributed by atoms with E-state index in [-0.39, 0.29) is 12.1 Å². The maximum atomic E-state index is 12.4. The molecule has 2 N–H and O–H groups in total. The molecule has 0 atom stereocenters. The highest BCUT2D eigenvalue weighted by Gasteiger charge is 2.17. The summed E-state index contributed by atoms with van der Waals surface area (Å²) in [5.74, 6) is 0.132. The van der Waals surface area contributed by atoms with Crippen molar-refractivity contribution in [1.29, 1.82) is 5.26 Å². The summed E-state index contributed by atoms with van der Waals surface area (Å²) in [6.07, 6.45) is 0. The van der Waals surface area contributed by atoms with Crippen LogP contribution < -0.4 is 24.8 Å². The van der Waals surface area contributed by atoms with Gasteiger partial charge in [0.1, 0.15) is 0 Å². The van der Waals surface area contributed by atoms with Gasteiger partial charge in [0.15, 0.2) is 11.5 Å². The molecule has 0 aliphatic heterocycles. The second-order valence-corrected chi connectivity index (χ2v) is 5.34. The molecule has 0 heterocycles. The van der Waals surface area contributed by atoms with Crippen molar-refractivity contribution in [3.8, 4) is 23.3 Å². The van der Waals surface area contributed by atoms with E-state index >= 15 is 0 Å². The van der Waals surface area contributed by atoms with Gasteiger partial charge in [-0.25, -0.2) is 0 Å². The van der Waals surface area contributed by atoms with Crippen LogP contribution in [0.2, 0.25) is 0 Å². The molecule has 0 spiro atoms. The average molecular weight is 369 g/mol. The molecule has 8 nitrogen and oxygen atoms in total. The first-order valence-electron chi connectivity index (χ1n) is 7.90. The Labute approximate surface area is 156 Å². The number of nitrogens with zero attached hydrogens (tertiary/aromatic N) is 1. The number of anilines is 1. The van der Waals surface area contributed by atoms with E-state index in [2.05, 4.69) is 10.6 Å².